The number of piperidine rings is 1. The Labute approximate surface area is 145 Å². The Morgan fingerprint density at radius 3 is 2.83 bits per heavy atom. The molecule has 1 N–H and O–H groups in total. The zero-order valence-corrected chi connectivity index (χ0v) is 15.3. The van der Waals surface area contributed by atoms with Crippen LogP contribution >= 0.6 is 0 Å². The number of rotatable bonds is 5. The van der Waals surface area contributed by atoms with Crippen molar-refractivity contribution in [2.45, 2.75) is 58.3 Å². The van der Waals surface area contributed by atoms with E-state index < -0.39 is 5.60 Å². The lowest BCUT2D eigenvalue weighted by Gasteiger charge is -2.37. The summed E-state index contributed by atoms with van der Waals surface area (Å²) in [5.74, 6) is 0. The predicted molar refractivity (Wildman–Crippen MR) is 96.2 cm³/mol. The minimum Gasteiger partial charge on any atom is -0.444 e. The third-order valence-electron chi connectivity index (χ3n) is 4.03. The number of hydrogen-bond donors (Lipinski definition) is 1. The molecular weight excluding hydrogens is 304 g/mol. The molecule has 1 amide bonds. The normalized spacial score (nSPS) is 18.3. The summed E-state index contributed by atoms with van der Waals surface area (Å²) < 4.78 is 10.7. The molecule has 5 heteroatoms. The first-order chi connectivity index (χ1) is 11.4. The van der Waals surface area contributed by atoms with Crippen LogP contribution in [0.15, 0.2) is 24.3 Å². The number of carbonyl (C=O) groups excluding carboxylic acids is 1. The Balaban J connectivity index is 1.96. The number of amides is 1. The Bertz CT molecular complexity index is 540. The summed E-state index contributed by atoms with van der Waals surface area (Å²) in [6.07, 6.45) is 2.99. The summed E-state index contributed by atoms with van der Waals surface area (Å²) in [4.78, 5) is 14.3. The molecule has 1 aliphatic rings. The summed E-state index contributed by atoms with van der Waals surface area (Å²) in [7, 11) is 1.70. The number of benzene rings is 1. The maximum Gasteiger partial charge on any atom is 0.410 e. The molecule has 1 heterocycles. The number of nitrogens with zero attached hydrogens (tertiary/aromatic N) is 1. The molecule has 0 aliphatic carbocycles. The molecule has 0 aromatic heterocycles. The SMILES string of the molecule is COCc1cccc(NCC2CCCCN2C(=O)OC(C)(C)C)c1. The van der Waals surface area contributed by atoms with Gasteiger partial charge in [0.15, 0.2) is 0 Å². The number of nitrogens with one attached hydrogen (secondary N) is 1. The molecule has 0 spiro atoms. The van der Waals surface area contributed by atoms with Gasteiger partial charge in [-0.15, -0.1) is 0 Å². The highest BCUT2D eigenvalue weighted by atomic mass is 16.6. The van der Waals surface area contributed by atoms with Crippen molar-refractivity contribution in [1.82, 2.24) is 4.90 Å². The van der Waals surface area contributed by atoms with Crippen LogP contribution in [-0.2, 0) is 16.1 Å². The Hall–Kier alpha value is -1.75. The van der Waals surface area contributed by atoms with Gasteiger partial charge >= 0.3 is 6.09 Å². The van der Waals surface area contributed by atoms with Crippen molar-refractivity contribution in [3.63, 3.8) is 0 Å². The van der Waals surface area contributed by atoms with E-state index in [1.807, 2.05) is 43.9 Å². The van der Waals surface area contributed by atoms with E-state index in [4.69, 9.17) is 9.47 Å². The van der Waals surface area contributed by atoms with Crippen LogP contribution in [0.5, 0.6) is 0 Å². The topological polar surface area (TPSA) is 50.8 Å². The number of methoxy groups -OCH3 is 1. The van der Waals surface area contributed by atoms with Crippen LogP contribution in [0.1, 0.15) is 45.6 Å². The van der Waals surface area contributed by atoms with Crippen LogP contribution in [-0.4, -0.2) is 42.8 Å². The molecule has 134 valence electrons. The quantitative estimate of drug-likeness (QED) is 0.883. The van der Waals surface area contributed by atoms with Gasteiger partial charge in [-0.1, -0.05) is 12.1 Å². The van der Waals surface area contributed by atoms with Gasteiger partial charge in [0.25, 0.3) is 0 Å². The van der Waals surface area contributed by atoms with E-state index in [-0.39, 0.29) is 12.1 Å². The fourth-order valence-electron chi connectivity index (χ4n) is 2.95. The molecule has 24 heavy (non-hydrogen) atoms. The first-order valence-electron chi connectivity index (χ1n) is 8.70. The summed E-state index contributed by atoms with van der Waals surface area (Å²) in [6, 6.07) is 8.36. The number of anilines is 1. The number of ether oxygens (including phenoxy) is 2. The molecular formula is C19H30N2O3. The van der Waals surface area contributed by atoms with Gasteiger partial charge in [0.2, 0.25) is 0 Å². The van der Waals surface area contributed by atoms with Gasteiger partial charge in [-0.2, -0.15) is 0 Å². The summed E-state index contributed by atoms with van der Waals surface area (Å²) >= 11 is 0. The van der Waals surface area contributed by atoms with Gasteiger partial charge in [-0.05, 0) is 57.7 Å². The van der Waals surface area contributed by atoms with E-state index in [1.54, 1.807) is 7.11 Å². The zero-order chi connectivity index (χ0) is 17.6. The number of likely N-dealkylation sites (tertiary alicyclic amines) is 1. The van der Waals surface area contributed by atoms with Gasteiger partial charge in [-0.3, -0.25) is 0 Å². The van der Waals surface area contributed by atoms with Crippen molar-refractivity contribution in [3.8, 4) is 0 Å². The lowest BCUT2D eigenvalue weighted by atomic mass is 10.0. The molecule has 2 rings (SSSR count). The molecule has 0 radical (unpaired) electrons. The first-order valence-corrected chi connectivity index (χ1v) is 8.70. The van der Waals surface area contributed by atoms with E-state index in [0.29, 0.717) is 6.61 Å². The second-order valence-electron chi connectivity index (χ2n) is 7.34. The fourth-order valence-corrected chi connectivity index (χ4v) is 2.95. The molecule has 1 atom stereocenters. The molecule has 0 bridgehead atoms. The fraction of sp³-hybridized carbons (Fsp3) is 0.632. The first kappa shape index (κ1) is 18.6. The van der Waals surface area contributed by atoms with Crippen molar-refractivity contribution in [1.29, 1.82) is 0 Å². The van der Waals surface area contributed by atoms with Crippen molar-refractivity contribution in [2.75, 3.05) is 25.5 Å². The van der Waals surface area contributed by atoms with Crippen molar-refractivity contribution in [3.05, 3.63) is 29.8 Å². The molecule has 1 aliphatic heterocycles. The lowest BCUT2D eigenvalue weighted by Crippen LogP contribution is -2.48. The number of hydrogen-bond acceptors (Lipinski definition) is 4. The maximum absolute atomic E-state index is 12.4. The number of carbonyl (C=O) groups is 1. The minimum absolute atomic E-state index is 0.166. The highest BCUT2D eigenvalue weighted by Gasteiger charge is 2.30. The van der Waals surface area contributed by atoms with Crippen LogP contribution in [0.4, 0.5) is 10.5 Å². The third-order valence-corrected chi connectivity index (χ3v) is 4.03. The van der Waals surface area contributed by atoms with Crippen molar-refractivity contribution < 1.29 is 14.3 Å². The van der Waals surface area contributed by atoms with Gasteiger partial charge < -0.3 is 19.7 Å². The van der Waals surface area contributed by atoms with Gasteiger partial charge in [0.05, 0.1) is 12.6 Å². The van der Waals surface area contributed by atoms with E-state index in [0.717, 1.165) is 43.6 Å². The van der Waals surface area contributed by atoms with Gasteiger partial charge in [0, 0.05) is 25.9 Å². The Kier molecular flexibility index (Phi) is 6.49. The monoisotopic (exact) mass is 334 g/mol. The highest BCUT2D eigenvalue weighted by Crippen LogP contribution is 2.21. The van der Waals surface area contributed by atoms with Crippen molar-refractivity contribution >= 4 is 11.8 Å². The lowest BCUT2D eigenvalue weighted by molar-refractivity contribution is 0.0114. The van der Waals surface area contributed by atoms with Crippen LogP contribution < -0.4 is 5.32 Å². The van der Waals surface area contributed by atoms with Crippen LogP contribution in [0.3, 0.4) is 0 Å². The van der Waals surface area contributed by atoms with Crippen LogP contribution in [0.25, 0.3) is 0 Å². The molecule has 1 fully saturated rings. The van der Waals surface area contributed by atoms with E-state index in [9.17, 15) is 4.79 Å². The van der Waals surface area contributed by atoms with Crippen LogP contribution in [0, 0.1) is 0 Å². The molecule has 1 saturated heterocycles. The van der Waals surface area contributed by atoms with E-state index in [2.05, 4.69) is 11.4 Å². The summed E-state index contributed by atoms with van der Waals surface area (Å²) in [5.41, 5.74) is 1.73. The summed E-state index contributed by atoms with van der Waals surface area (Å²) in [6.45, 7) is 7.82. The third kappa shape index (κ3) is 5.71. The zero-order valence-electron chi connectivity index (χ0n) is 15.3. The molecule has 1 unspecified atom stereocenters. The molecule has 1 aromatic carbocycles. The van der Waals surface area contributed by atoms with Crippen LogP contribution in [0.2, 0.25) is 0 Å². The Morgan fingerprint density at radius 1 is 1.33 bits per heavy atom. The molecule has 1 aromatic rings. The summed E-state index contributed by atoms with van der Waals surface area (Å²) in [5, 5.41) is 3.46. The average Bonchev–Trinajstić information content (AvgIpc) is 2.52. The maximum atomic E-state index is 12.4. The van der Waals surface area contributed by atoms with Crippen molar-refractivity contribution in [2.24, 2.45) is 0 Å². The average molecular weight is 334 g/mol. The predicted octanol–water partition coefficient (Wildman–Crippen LogP) is 4.03. The minimum atomic E-state index is -0.457. The highest BCUT2D eigenvalue weighted by molar-refractivity contribution is 5.68. The standard InChI is InChI=1S/C19H30N2O3/c1-19(2,3)24-18(22)21-11-6-5-10-17(21)13-20-16-9-7-8-15(12-16)14-23-4/h7-9,12,17,20H,5-6,10-11,13-14H2,1-4H3. The second kappa shape index (κ2) is 8.38. The van der Waals surface area contributed by atoms with Gasteiger partial charge in [0.1, 0.15) is 5.60 Å². The van der Waals surface area contributed by atoms with E-state index >= 15 is 0 Å². The van der Waals surface area contributed by atoms with E-state index in [1.165, 1.54) is 0 Å². The molecule has 5 nitrogen and oxygen atoms in total. The largest absolute Gasteiger partial charge is 0.444 e. The Morgan fingerprint density at radius 2 is 2.12 bits per heavy atom. The smallest absolute Gasteiger partial charge is 0.410 e. The molecule has 0 saturated carbocycles. The second-order valence-corrected chi connectivity index (χ2v) is 7.34. The van der Waals surface area contributed by atoms with Gasteiger partial charge in [-0.25, -0.2) is 4.79 Å².